The Morgan fingerprint density at radius 1 is 1.03 bits per heavy atom. The van der Waals surface area contributed by atoms with Gasteiger partial charge in [0.15, 0.2) is 0 Å². The van der Waals surface area contributed by atoms with Gasteiger partial charge in [0.1, 0.15) is 11.5 Å². The number of hydrogen-bond donors (Lipinski definition) is 4. The summed E-state index contributed by atoms with van der Waals surface area (Å²) in [6, 6.07) is 15.6. The van der Waals surface area contributed by atoms with Crippen LogP contribution in [0.2, 0.25) is 0 Å². The van der Waals surface area contributed by atoms with Gasteiger partial charge in [-0.3, -0.25) is 4.79 Å². The molecule has 2 aromatic heterocycles. The summed E-state index contributed by atoms with van der Waals surface area (Å²) < 4.78 is 0. The fourth-order valence-electron chi connectivity index (χ4n) is 3.39. The van der Waals surface area contributed by atoms with Crippen LogP contribution in [0.3, 0.4) is 0 Å². The maximum atomic E-state index is 12.7. The average Bonchev–Trinajstić information content (AvgIpc) is 3.36. The molecular weight excluding hydrogens is 376 g/mol. The van der Waals surface area contributed by atoms with E-state index in [0.29, 0.717) is 11.5 Å². The Morgan fingerprint density at radius 3 is 2.70 bits per heavy atom. The lowest BCUT2D eigenvalue weighted by Crippen LogP contribution is -2.12. The molecule has 0 atom stereocenters. The first-order chi connectivity index (χ1) is 14.5. The van der Waals surface area contributed by atoms with Crippen LogP contribution in [0.25, 0.3) is 21.8 Å². The Kier molecular flexibility index (Phi) is 5.34. The number of rotatable bonds is 6. The molecule has 7 heteroatoms. The van der Waals surface area contributed by atoms with Gasteiger partial charge in [-0.2, -0.15) is 5.10 Å². The monoisotopic (exact) mass is 400 g/mol. The minimum absolute atomic E-state index is 0.190. The van der Waals surface area contributed by atoms with E-state index in [9.17, 15) is 4.79 Å². The number of carbonyl (C=O) groups excluding carboxylic acids is 1. The standard InChI is InChI=1S/C23H24N6O/c1-3-4-20(29-28-14(2)24)16-6-8-19-17(11-16)12-22(27-19)23(30)26-18-7-5-15-9-10-25-21(15)13-18/h5-13,25,27H,3-4H2,1-2H3,(H2,24,28)(H,26,30). The van der Waals surface area contributed by atoms with E-state index < -0.39 is 0 Å². The van der Waals surface area contributed by atoms with E-state index in [1.807, 2.05) is 54.7 Å². The number of amides is 1. The number of benzene rings is 2. The van der Waals surface area contributed by atoms with E-state index in [1.54, 1.807) is 6.92 Å². The van der Waals surface area contributed by atoms with Gasteiger partial charge in [-0.1, -0.05) is 25.5 Å². The van der Waals surface area contributed by atoms with Crippen molar-refractivity contribution >= 4 is 44.9 Å². The molecule has 4 aromatic rings. The van der Waals surface area contributed by atoms with Gasteiger partial charge in [0.2, 0.25) is 0 Å². The smallest absolute Gasteiger partial charge is 0.272 e. The lowest BCUT2D eigenvalue weighted by atomic mass is 10.0. The zero-order chi connectivity index (χ0) is 21.1. The lowest BCUT2D eigenvalue weighted by Gasteiger charge is -2.04. The molecule has 0 saturated carbocycles. The quantitative estimate of drug-likeness (QED) is 0.212. The summed E-state index contributed by atoms with van der Waals surface area (Å²) in [5.74, 6) is 0.229. The van der Waals surface area contributed by atoms with Crippen molar-refractivity contribution in [1.29, 1.82) is 0 Å². The molecule has 0 fully saturated rings. The van der Waals surface area contributed by atoms with Gasteiger partial charge in [-0.25, -0.2) is 0 Å². The highest BCUT2D eigenvalue weighted by molar-refractivity contribution is 6.08. The summed E-state index contributed by atoms with van der Waals surface area (Å²) in [5.41, 5.74) is 10.6. The highest BCUT2D eigenvalue weighted by Gasteiger charge is 2.12. The van der Waals surface area contributed by atoms with Crippen molar-refractivity contribution in [3.05, 3.63) is 66.0 Å². The SMILES string of the molecule is CCCC(=NN=C(C)N)c1ccc2[nH]c(C(=O)Nc3ccc4cc[nH]c4c3)cc2c1. The third kappa shape index (κ3) is 4.10. The fourth-order valence-corrected chi connectivity index (χ4v) is 3.39. The molecule has 4 rings (SSSR count). The Hall–Kier alpha value is -3.87. The molecule has 152 valence electrons. The zero-order valence-electron chi connectivity index (χ0n) is 17.0. The molecule has 0 aliphatic heterocycles. The van der Waals surface area contributed by atoms with Crippen LogP contribution in [-0.4, -0.2) is 27.4 Å². The number of fused-ring (bicyclic) bond motifs is 2. The molecular formula is C23H24N6O. The second kappa shape index (κ2) is 8.24. The summed E-state index contributed by atoms with van der Waals surface area (Å²) in [4.78, 5) is 19.1. The van der Waals surface area contributed by atoms with Gasteiger partial charge in [-0.05, 0) is 60.7 Å². The molecule has 2 aromatic carbocycles. The molecule has 0 saturated heterocycles. The molecule has 1 amide bonds. The van der Waals surface area contributed by atoms with Gasteiger partial charge in [0.05, 0.1) is 5.71 Å². The minimum Gasteiger partial charge on any atom is -0.386 e. The summed E-state index contributed by atoms with van der Waals surface area (Å²) in [5, 5.41) is 13.3. The molecule has 2 heterocycles. The second-order valence-corrected chi connectivity index (χ2v) is 7.26. The van der Waals surface area contributed by atoms with Crippen LogP contribution in [0.1, 0.15) is 42.7 Å². The summed E-state index contributed by atoms with van der Waals surface area (Å²) >= 11 is 0. The van der Waals surface area contributed by atoms with Gasteiger partial charge in [0, 0.05) is 28.3 Å². The molecule has 0 aliphatic rings. The van der Waals surface area contributed by atoms with Crippen LogP contribution >= 0.6 is 0 Å². The molecule has 0 spiro atoms. The molecule has 0 aliphatic carbocycles. The second-order valence-electron chi connectivity index (χ2n) is 7.26. The van der Waals surface area contributed by atoms with Crippen molar-refractivity contribution in [3.63, 3.8) is 0 Å². The van der Waals surface area contributed by atoms with Crippen molar-refractivity contribution in [2.45, 2.75) is 26.7 Å². The van der Waals surface area contributed by atoms with E-state index in [4.69, 9.17) is 5.73 Å². The highest BCUT2D eigenvalue weighted by Crippen LogP contribution is 2.21. The number of nitrogens with two attached hydrogens (primary N) is 1. The van der Waals surface area contributed by atoms with E-state index >= 15 is 0 Å². The summed E-state index contributed by atoms with van der Waals surface area (Å²) in [6.07, 6.45) is 3.62. The van der Waals surface area contributed by atoms with E-state index in [2.05, 4.69) is 32.4 Å². The molecule has 30 heavy (non-hydrogen) atoms. The number of anilines is 1. The van der Waals surface area contributed by atoms with Crippen molar-refractivity contribution < 1.29 is 4.79 Å². The number of hydrogen-bond acceptors (Lipinski definition) is 3. The van der Waals surface area contributed by atoms with E-state index in [-0.39, 0.29) is 5.91 Å². The normalized spacial score (nSPS) is 12.6. The average molecular weight is 400 g/mol. The van der Waals surface area contributed by atoms with Crippen LogP contribution in [-0.2, 0) is 0 Å². The number of aromatic amines is 2. The first kappa shape index (κ1) is 19.4. The van der Waals surface area contributed by atoms with Gasteiger partial charge in [0.25, 0.3) is 5.91 Å². The number of carbonyl (C=O) groups is 1. The van der Waals surface area contributed by atoms with Crippen LogP contribution in [0.5, 0.6) is 0 Å². The highest BCUT2D eigenvalue weighted by atomic mass is 16.1. The third-order valence-corrected chi connectivity index (χ3v) is 4.83. The van der Waals surface area contributed by atoms with E-state index in [1.165, 1.54) is 0 Å². The lowest BCUT2D eigenvalue weighted by molar-refractivity contribution is 0.102. The van der Waals surface area contributed by atoms with Crippen molar-refractivity contribution in [3.8, 4) is 0 Å². The number of aromatic nitrogens is 2. The first-order valence-corrected chi connectivity index (χ1v) is 9.91. The first-order valence-electron chi connectivity index (χ1n) is 9.91. The number of H-pyrrole nitrogens is 2. The van der Waals surface area contributed by atoms with E-state index in [0.717, 1.165) is 51.6 Å². The van der Waals surface area contributed by atoms with Gasteiger partial charge < -0.3 is 21.0 Å². The molecule has 0 unspecified atom stereocenters. The van der Waals surface area contributed by atoms with Crippen LogP contribution in [0.15, 0.2) is 64.9 Å². The van der Waals surface area contributed by atoms with Crippen LogP contribution in [0, 0.1) is 0 Å². The maximum Gasteiger partial charge on any atom is 0.272 e. The summed E-state index contributed by atoms with van der Waals surface area (Å²) in [7, 11) is 0. The van der Waals surface area contributed by atoms with Crippen molar-refractivity contribution in [2.75, 3.05) is 5.32 Å². The molecule has 5 N–H and O–H groups in total. The predicted molar refractivity (Wildman–Crippen MR) is 123 cm³/mol. The largest absolute Gasteiger partial charge is 0.386 e. The minimum atomic E-state index is -0.190. The van der Waals surface area contributed by atoms with Crippen molar-refractivity contribution in [2.24, 2.45) is 15.9 Å². The Bertz CT molecular complexity index is 1270. The predicted octanol–water partition coefficient (Wildman–Crippen LogP) is 4.78. The Morgan fingerprint density at radius 2 is 1.90 bits per heavy atom. The van der Waals surface area contributed by atoms with Crippen LogP contribution in [0.4, 0.5) is 5.69 Å². The maximum absolute atomic E-state index is 12.7. The number of nitrogens with one attached hydrogen (secondary N) is 3. The fraction of sp³-hybridized carbons (Fsp3) is 0.174. The molecule has 0 bridgehead atoms. The third-order valence-electron chi connectivity index (χ3n) is 4.83. The van der Waals surface area contributed by atoms with Gasteiger partial charge in [-0.15, -0.1) is 5.10 Å². The van der Waals surface area contributed by atoms with Gasteiger partial charge >= 0.3 is 0 Å². The Balaban J connectivity index is 1.60. The molecule has 7 nitrogen and oxygen atoms in total. The number of amidine groups is 1. The Labute approximate surface area is 174 Å². The van der Waals surface area contributed by atoms with Crippen LogP contribution < -0.4 is 11.1 Å². The zero-order valence-corrected chi connectivity index (χ0v) is 17.0. The van der Waals surface area contributed by atoms with Crippen molar-refractivity contribution in [1.82, 2.24) is 9.97 Å². The number of nitrogens with zero attached hydrogens (tertiary/aromatic N) is 2. The topological polar surface area (TPSA) is 111 Å². The summed E-state index contributed by atoms with van der Waals surface area (Å²) in [6.45, 7) is 3.80. The molecule has 0 radical (unpaired) electrons.